The normalized spacial score (nSPS) is 20.9. The molecular formula is C20H27NO5. The van der Waals surface area contributed by atoms with Crippen molar-refractivity contribution in [3.05, 3.63) is 34.9 Å². The molecule has 1 amide bonds. The first kappa shape index (κ1) is 19.9. The van der Waals surface area contributed by atoms with Gasteiger partial charge in [-0.25, -0.2) is 0 Å². The molecule has 1 saturated carbocycles. The molecule has 6 heteroatoms. The second-order valence-electron chi connectivity index (χ2n) is 7.04. The van der Waals surface area contributed by atoms with Crippen LogP contribution in [0, 0.1) is 25.7 Å². The van der Waals surface area contributed by atoms with E-state index in [0.29, 0.717) is 12.8 Å². The lowest BCUT2D eigenvalue weighted by Gasteiger charge is -2.30. The van der Waals surface area contributed by atoms with E-state index in [2.05, 4.69) is 5.32 Å². The summed E-state index contributed by atoms with van der Waals surface area (Å²) in [5.41, 5.74) is 2.84. The minimum Gasteiger partial charge on any atom is -0.481 e. The molecule has 1 aromatic carbocycles. The van der Waals surface area contributed by atoms with Gasteiger partial charge < -0.3 is 15.2 Å². The maximum atomic E-state index is 12.8. The predicted molar refractivity (Wildman–Crippen MR) is 96.5 cm³/mol. The van der Waals surface area contributed by atoms with Crippen molar-refractivity contribution in [2.24, 2.45) is 11.8 Å². The standard InChI is InChI=1S/C20H27NO5/c1-12-8-9-13(2)16(10-12)17(11-18(22)26-3)21-19(23)14-6-4-5-7-15(14)20(24)25/h8-10,14-15,17H,4-7,11H2,1-3H3,(H,21,23)(H,24,25)/t14-,15-,17+/m1/s1. The average Bonchev–Trinajstić information content (AvgIpc) is 2.62. The van der Waals surface area contributed by atoms with Crippen LogP contribution >= 0.6 is 0 Å². The molecule has 0 heterocycles. The molecule has 1 aromatic rings. The number of benzene rings is 1. The van der Waals surface area contributed by atoms with Gasteiger partial charge in [0, 0.05) is 0 Å². The van der Waals surface area contributed by atoms with Crippen LogP contribution in [0.25, 0.3) is 0 Å². The Morgan fingerprint density at radius 3 is 2.46 bits per heavy atom. The van der Waals surface area contributed by atoms with Crippen molar-refractivity contribution in [2.45, 2.75) is 52.0 Å². The van der Waals surface area contributed by atoms with Crippen LogP contribution in [0.4, 0.5) is 0 Å². The van der Waals surface area contributed by atoms with E-state index in [-0.39, 0.29) is 12.3 Å². The van der Waals surface area contributed by atoms with Gasteiger partial charge in [0.1, 0.15) is 0 Å². The Hall–Kier alpha value is -2.37. The van der Waals surface area contributed by atoms with Gasteiger partial charge in [-0.05, 0) is 37.8 Å². The summed E-state index contributed by atoms with van der Waals surface area (Å²) in [5.74, 6) is -2.88. The second kappa shape index (κ2) is 8.83. The topological polar surface area (TPSA) is 92.7 Å². The molecule has 3 atom stereocenters. The Balaban J connectivity index is 2.25. The molecule has 0 aromatic heterocycles. The van der Waals surface area contributed by atoms with Crippen LogP contribution in [-0.4, -0.2) is 30.1 Å². The predicted octanol–water partition coefficient (Wildman–Crippen LogP) is 2.91. The van der Waals surface area contributed by atoms with E-state index in [9.17, 15) is 19.5 Å². The Morgan fingerprint density at radius 2 is 1.85 bits per heavy atom. The van der Waals surface area contributed by atoms with Crippen molar-refractivity contribution in [1.29, 1.82) is 0 Å². The lowest BCUT2D eigenvalue weighted by atomic mass is 9.78. The monoisotopic (exact) mass is 361 g/mol. The number of aliphatic carboxylic acids is 1. The van der Waals surface area contributed by atoms with E-state index < -0.39 is 29.8 Å². The lowest BCUT2D eigenvalue weighted by Crippen LogP contribution is -2.41. The number of esters is 1. The summed E-state index contributed by atoms with van der Waals surface area (Å²) in [4.78, 5) is 36.2. The third kappa shape index (κ3) is 4.84. The number of nitrogens with one attached hydrogen (secondary N) is 1. The largest absolute Gasteiger partial charge is 0.481 e. The Bertz CT molecular complexity index is 685. The molecule has 0 spiro atoms. The van der Waals surface area contributed by atoms with Crippen molar-refractivity contribution in [2.75, 3.05) is 7.11 Å². The molecule has 1 fully saturated rings. The quantitative estimate of drug-likeness (QED) is 0.760. The van der Waals surface area contributed by atoms with E-state index in [4.69, 9.17) is 4.74 Å². The fourth-order valence-corrected chi connectivity index (χ4v) is 3.64. The molecule has 142 valence electrons. The summed E-state index contributed by atoms with van der Waals surface area (Å²) in [6, 6.07) is 5.32. The van der Waals surface area contributed by atoms with Gasteiger partial charge in [-0.15, -0.1) is 0 Å². The number of rotatable bonds is 6. The second-order valence-corrected chi connectivity index (χ2v) is 7.04. The van der Waals surface area contributed by atoms with Gasteiger partial charge in [0.25, 0.3) is 0 Å². The van der Waals surface area contributed by atoms with E-state index in [1.54, 1.807) is 0 Å². The van der Waals surface area contributed by atoms with Gasteiger partial charge in [0.2, 0.25) is 5.91 Å². The van der Waals surface area contributed by atoms with E-state index in [1.165, 1.54) is 7.11 Å². The number of hydrogen-bond donors (Lipinski definition) is 2. The van der Waals surface area contributed by atoms with Gasteiger partial charge in [0.05, 0.1) is 31.4 Å². The van der Waals surface area contributed by atoms with Crippen LogP contribution in [0.5, 0.6) is 0 Å². The number of aryl methyl sites for hydroxylation is 2. The van der Waals surface area contributed by atoms with Crippen LogP contribution in [0.1, 0.15) is 54.8 Å². The summed E-state index contributed by atoms with van der Waals surface area (Å²) in [7, 11) is 1.31. The maximum Gasteiger partial charge on any atom is 0.307 e. The third-order valence-electron chi connectivity index (χ3n) is 5.15. The van der Waals surface area contributed by atoms with Gasteiger partial charge in [0.15, 0.2) is 0 Å². The summed E-state index contributed by atoms with van der Waals surface area (Å²) in [6.45, 7) is 3.87. The molecule has 2 N–H and O–H groups in total. The first-order valence-corrected chi connectivity index (χ1v) is 9.00. The average molecular weight is 361 g/mol. The first-order chi connectivity index (χ1) is 12.3. The van der Waals surface area contributed by atoms with Gasteiger partial charge in [-0.1, -0.05) is 36.6 Å². The number of methoxy groups -OCH3 is 1. The zero-order valence-electron chi connectivity index (χ0n) is 15.6. The first-order valence-electron chi connectivity index (χ1n) is 9.00. The van der Waals surface area contributed by atoms with Crippen LogP contribution in [-0.2, 0) is 19.1 Å². The van der Waals surface area contributed by atoms with Gasteiger partial charge in [-0.3, -0.25) is 14.4 Å². The van der Waals surface area contributed by atoms with E-state index >= 15 is 0 Å². The van der Waals surface area contributed by atoms with Gasteiger partial charge in [-0.2, -0.15) is 0 Å². The minimum atomic E-state index is -0.930. The van der Waals surface area contributed by atoms with Crippen LogP contribution in [0.15, 0.2) is 18.2 Å². The number of carboxylic acids is 1. The molecule has 2 rings (SSSR count). The van der Waals surface area contributed by atoms with Crippen LogP contribution in [0.3, 0.4) is 0 Å². The van der Waals surface area contributed by atoms with Crippen molar-refractivity contribution in [3.8, 4) is 0 Å². The van der Waals surface area contributed by atoms with E-state index in [1.807, 2.05) is 32.0 Å². The Labute approximate surface area is 153 Å². The summed E-state index contributed by atoms with van der Waals surface area (Å²) in [5, 5.41) is 12.3. The van der Waals surface area contributed by atoms with Crippen molar-refractivity contribution in [1.82, 2.24) is 5.32 Å². The van der Waals surface area contributed by atoms with Crippen molar-refractivity contribution in [3.63, 3.8) is 0 Å². The minimum absolute atomic E-state index is 0.0109. The highest BCUT2D eigenvalue weighted by molar-refractivity contribution is 5.85. The zero-order chi connectivity index (χ0) is 19.3. The summed E-state index contributed by atoms with van der Waals surface area (Å²) < 4.78 is 4.77. The summed E-state index contributed by atoms with van der Waals surface area (Å²) in [6.07, 6.45) is 2.74. The fourth-order valence-electron chi connectivity index (χ4n) is 3.64. The molecular weight excluding hydrogens is 334 g/mol. The van der Waals surface area contributed by atoms with E-state index in [0.717, 1.165) is 29.5 Å². The molecule has 0 unspecified atom stereocenters. The third-order valence-corrected chi connectivity index (χ3v) is 5.15. The highest BCUT2D eigenvalue weighted by Gasteiger charge is 2.36. The SMILES string of the molecule is COC(=O)C[C@H](NC(=O)[C@@H]1CCCC[C@H]1C(=O)O)c1cc(C)ccc1C. The lowest BCUT2D eigenvalue weighted by molar-refractivity contribution is -0.149. The molecule has 6 nitrogen and oxygen atoms in total. The number of hydrogen-bond acceptors (Lipinski definition) is 4. The molecule has 1 aliphatic carbocycles. The molecule has 26 heavy (non-hydrogen) atoms. The summed E-state index contributed by atoms with van der Waals surface area (Å²) >= 11 is 0. The maximum absolute atomic E-state index is 12.8. The molecule has 1 aliphatic rings. The Kier molecular flexibility index (Phi) is 6.77. The number of amides is 1. The number of ether oxygens (including phenoxy) is 1. The van der Waals surface area contributed by atoms with Gasteiger partial charge >= 0.3 is 11.9 Å². The number of carbonyl (C=O) groups excluding carboxylic acids is 2. The zero-order valence-corrected chi connectivity index (χ0v) is 15.6. The van der Waals surface area contributed by atoms with Crippen LogP contribution in [0.2, 0.25) is 0 Å². The number of carboxylic acid groups (broad SMARTS) is 1. The number of carbonyl (C=O) groups is 3. The smallest absolute Gasteiger partial charge is 0.307 e. The molecule has 0 radical (unpaired) electrons. The fraction of sp³-hybridized carbons (Fsp3) is 0.550. The Morgan fingerprint density at radius 1 is 1.19 bits per heavy atom. The molecule has 0 aliphatic heterocycles. The highest BCUT2D eigenvalue weighted by Crippen LogP contribution is 2.32. The molecule has 0 bridgehead atoms. The highest BCUT2D eigenvalue weighted by atomic mass is 16.5. The van der Waals surface area contributed by atoms with Crippen molar-refractivity contribution >= 4 is 17.8 Å². The van der Waals surface area contributed by atoms with Crippen LogP contribution < -0.4 is 5.32 Å². The van der Waals surface area contributed by atoms with Crippen molar-refractivity contribution < 1.29 is 24.2 Å². The molecule has 0 saturated heterocycles.